The van der Waals surface area contributed by atoms with E-state index in [4.69, 9.17) is 4.74 Å². The Morgan fingerprint density at radius 1 is 1.00 bits per heavy atom. The zero-order chi connectivity index (χ0) is 26.0. The van der Waals surface area contributed by atoms with E-state index in [2.05, 4.69) is 61.3 Å². The molecule has 0 amide bonds. The molecule has 5 nitrogen and oxygen atoms in total. The fraction of sp³-hybridized carbons (Fsp3) is 0.667. The summed E-state index contributed by atoms with van der Waals surface area (Å²) in [6.07, 6.45) is 23.3. The van der Waals surface area contributed by atoms with Gasteiger partial charge in [-0.3, -0.25) is 0 Å². The van der Waals surface area contributed by atoms with Gasteiger partial charge in [-0.15, -0.1) is 0 Å². The first-order valence-corrected chi connectivity index (χ1v) is 15.1. The van der Waals surface area contributed by atoms with Crippen LogP contribution in [-0.4, -0.2) is 27.5 Å². The summed E-state index contributed by atoms with van der Waals surface area (Å²) in [5.41, 5.74) is 2.49. The number of thioether (sulfide) groups is 1. The summed E-state index contributed by atoms with van der Waals surface area (Å²) >= 11 is 1.91. The smallest absolute Gasteiger partial charge is 0.223 e. The minimum absolute atomic E-state index is 0.0508. The number of hydrogen-bond donors (Lipinski definition) is 2. The van der Waals surface area contributed by atoms with Gasteiger partial charge in [0.05, 0.1) is 11.7 Å². The van der Waals surface area contributed by atoms with Gasteiger partial charge in [0.1, 0.15) is 12.5 Å². The summed E-state index contributed by atoms with van der Waals surface area (Å²) in [6.45, 7) is 11.8. The minimum atomic E-state index is 0.0508. The van der Waals surface area contributed by atoms with Crippen molar-refractivity contribution in [2.24, 2.45) is 17.8 Å². The Kier molecular flexibility index (Phi) is 15.4. The maximum absolute atomic E-state index is 5.36. The van der Waals surface area contributed by atoms with Crippen LogP contribution in [0.2, 0.25) is 0 Å². The molecule has 2 rings (SSSR count). The predicted molar refractivity (Wildman–Crippen MR) is 157 cm³/mol. The van der Waals surface area contributed by atoms with Crippen molar-refractivity contribution < 1.29 is 4.74 Å². The second-order valence-corrected chi connectivity index (χ2v) is 11.9. The van der Waals surface area contributed by atoms with Crippen molar-refractivity contribution in [3.05, 3.63) is 54.5 Å². The van der Waals surface area contributed by atoms with Crippen LogP contribution < -0.4 is 10.6 Å². The van der Waals surface area contributed by atoms with Crippen molar-refractivity contribution in [3.8, 4) is 0 Å². The molecule has 0 bridgehead atoms. The van der Waals surface area contributed by atoms with Gasteiger partial charge >= 0.3 is 0 Å². The number of allylic oxidation sites excluding steroid dienone is 1. The van der Waals surface area contributed by atoms with Gasteiger partial charge in [-0.1, -0.05) is 84.3 Å². The molecule has 0 saturated heterocycles. The van der Waals surface area contributed by atoms with E-state index in [9.17, 15) is 0 Å². The fourth-order valence-corrected chi connectivity index (χ4v) is 5.47. The number of ether oxygens (including phenoxy) is 1. The highest BCUT2D eigenvalue weighted by Crippen LogP contribution is 2.22. The average Bonchev–Trinajstić information content (AvgIpc) is 2.87. The van der Waals surface area contributed by atoms with Crippen LogP contribution in [0.1, 0.15) is 92.4 Å². The first kappa shape index (κ1) is 30.3. The van der Waals surface area contributed by atoms with Crippen LogP contribution >= 0.6 is 11.8 Å². The molecule has 0 aliphatic carbocycles. The van der Waals surface area contributed by atoms with E-state index in [0.29, 0.717) is 5.95 Å². The molecule has 3 atom stereocenters. The number of anilines is 1. The topological polar surface area (TPSA) is 59.1 Å². The summed E-state index contributed by atoms with van der Waals surface area (Å²) in [4.78, 5) is 8.61. The molecule has 1 aliphatic rings. The van der Waals surface area contributed by atoms with E-state index in [1.807, 2.05) is 17.8 Å². The first-order chi connectivity index (χ1) is 17.4. The Morgan fingerprint density at radius 3 is 2.31 bits per heavy atom. The van der Waals surface area contributed by atoms with Gasteiger partial charge in [0.2, 0.25) is 5.95 Å². The summed E-state index contributed by atoms with van der Waals surface area (Å²) < 4.78 is 5.36. The number of rotatable bonds is 19. The van der Waals surface area contributed by atoms with Crippen molar-refractivity contribution >= 4 is 17.7 Å². The third-order valence-corrected chi connectivity index (χ3v) is 7.78. The van der Waals surface area contributed by atoms with Crippen LogP contribution in [0.4, 0.5) is 5.95 Å². The van der Waals surface area contributed by atoms with Crippen LogP contribution in [-0.2, 0) is 4.74 Å². The molecule has 0 saturated carbocycles. The van der Waals surface area contributed by atoms with Gasteiger partial charge in [0.25, 0.3) is 0 Å². The van der Waals surface area contributed by atoms with Gasteiger partial charge in [-0.2, -0.15) is 11.8 Å². The quantitative estimate of drug-likeness (QED) is 0.143. The SMILES string of the molecule is CC(=CCSCC(Nc1ncccn1)C1=COC=CN1)CCCC(C)CCCC(C)CCCC(C)C. The predicted octanol–water partition coefficient (Wildman–Crippen LogP) is 8.31. The summed E-state index contributed by atoms with van der Waals surface area (Å²) in [6, 6.07) is 1.87. The fourth-order valence-electron chi connectivity index (χ4n) is 4.43. The number of hydrogen-bond acceptors (Lipinski definition) is 6. The molecule has 6 heteroatoms. The van der Waals surface area contributed by atoms with Crippen LogP contribution in [0, 0.1) is 17.8 Å². The summed E-state index contributed by atoms with van der Waals surface area (Å²) in [5.74, 6) is 5.11. The standard InChI is InChI=1S/C30H50N4OS/c1-24(2)10-6-11-25(3)12-7-13-26(4)14-8-15-27(5)16-21-36-23-29(28-22-35-20-19-31-28)34-30-32-17-9-18-33-30/h9,16-20,22,24-26,29,31H,6-8,10-15,21,23H2,1-5H3,(H,32,33,34). The highest BCUT2D eigenvalue weighted by Gasteiger charge is 2.17. The van der Waals surface area contributed by atoms with E-state index in [0.717, 1.165) is 35.0 Å². The monoisotopic (exact) mass is 514 g/mol. The summed E-state index contributed by atoms with van der Waals surface area (Å²) in [7, 11) is 0. The molecule has 0 radical (unpaired) electrons. The molecule has 1 aromatic rings. The Morgan fingerprint density at radius 2 is 1.67 bits per heavy atom. The van der Waals surface area contributed by atoms with E-state index in [1.165, 1.54) is 63.4 Å². The molecule has 2 N–H and O–H groups in total. The Balaban J connectivity index is 1.60. The van der Waals surface area contributed by atoms with Gasteiger partial charge in [0.15, 0.2) is 0 Å². The van der Waals surface area contributed by atoms with E-state index in [1.54, 1.807) is 31.1 Å². The lowest BCUT2D eigenvalue weighted by Gasteiger charge is -2.22. The average molecular weight is 515 g/mol. The Labute approximate surface area is 225 Å². The highest BCUT2D eigenvalue weighted by atomic mass is 32.2. The normalized spacial score (nSPS) is 16.2. The lowest BCUT2D eigenvalue weighted by molar-refractivity contribution is 0.379. The molecular weight excluding hydrogens is 464 g/mol. The third kappa shape index (κ3) is 14.0. The second kappa shape index (κ2) is 18.3. The number of nitrogens with one attached hydrogen (secondary N) is 2. The van der Waals surface area contributed by atoms with Crippen molar-refractivity contribution in [1.29, 1.82) is 0 Å². The molecule has 1 aromatic heterocycles. The van der Waals surface area contributed by atoms with Crippen molar-refractivity contribution in [3.63, 3.8) is 0 Å². The highest BCUT2D eigenvalue weighted by molar-refractivity contribution is 7.99. The van der Waals surface area contributed by atoms with Crippen LogP contribution in [0.15, 0.2) is 54.5 Å². The summed E-state index contributed by atoms with van der Waals surface area (Å²) in [5, 5.41) is 6.68. The van der Waals surface area contributed by atoms with Gasteiger partial charge in [-0.05, 0) is 43.6 Å². The number of aromatic nitrogens is 2. The molecule has 36 heavy (non-hydrogen) atoms. The van der Waals surface area contributed by atoms with Crippen molar-refractivity contribution in [2.75, 3.05) is 16.8 Å². The minimum Gasteiger partial charge on any atom is -0.469 e. The first-order valence-electron chi connectivity index (χ1n) is 14.0. The lowest BCUT2D eigenvalue weighted by atomic mass is 9.91. The van der Waals surface area contributed by atoms with Crippen LogP contribution in [0.25, 0.3) is 0 Å². The van der Waals surface area contributed by atoms with E-state index in [-0.39, 0.29) is 6.04 Å². The Bertz CT molecular complexity index is 793. The third-order valence-electron chi connectivity index (χ3n) is 6.81. The largest absolute Gasteiger partial charge is 0.469 e. The maximum atomic E-state index is 5.36. The zero-order valence-electron chi connectivity index (χ0n) is 23.3. The van der Waals surface area contributed by atoms with E-state index < -0.39 is 0 Å². The Hall–Kier alpha value is -1.95. The van der Waals surface area contributed by atoms with E-state index >= 15 is 0 Å². The molecule has 202 valence electrons. The van der Waals surface area contributed by atoms with Crippen LogP contribution in [0.5, 0.6) is 0 Å². The number of nitrogens with zero attached hydrogens (tertiary/aromatic N) is 2. The van der Waals surface area contributed by atoms with Gasteiger partial charge in [-0.25, -0.2) is 9.97 Å². The molecule has 0 aromatic carbocycles. The maximum Gasteiger partial charge on any atom is 0.223 e. The van der Waals surface area contributed by atoms with Crippen molar-refractivity contribution in [1.82, 2.24) is 15.3 Å². The molecular formula is C30H50N4OS. The van der Waals surface area contributed by atoms with Gasteiger partial charge < -0.3 is 15.4 Å². The van der Waals surface area contributed by atoms with Crippen LogP contribution in [0.3, 0.4) is 0 Å². The molecule has 2 heterocycles. The van der Waals surface area contributed by atoms with Gasteiger partial charge in [0, 0.05) is 30.1 Å². The molecule has 1 aliphatic heterocycles. The zero-order valence-corrected chi connectivity index (χ0v) is 24.2. The molecule has 0 spiro atoms. The molecule has 0 fully saturated rings. The lowest BCUT2D eigenvalue weighted by Crippen LogP contribution is -2.32. The second-order valence-electron chi connectivity index (χ2n) is 10.9. The molecule has 3 unspecified atom stereocenters. The van der Waals surface area contributed by atoms with Crippen molar-refractivity contribution in [2.45, 2.75) is 98.4 Å².